The average Bonchev–Trinajstić information content (AvgIpc) is 2.54. The van der Waals surface area contributed by atoms with E-state index in [1.807, 2.05) is 46.8 Å². The molecule has 1 N–H and O–H groups in total. The van der Waals surface area contributed by atoms with Crippen LogP contribution < -0.4 is 10.8 Å². The van der Waals surface area contributed by atoms with Gasteiger partial charge in [0.25, 0.3) is 0 Å². The fraction of sp³-hybridized carbons (Fsp3) is 0.500. The Balaban J connectivity index is 2.38. The molecule has 0 spiro atoms. The molecule has 1 aromatic carbocycles. The number of halogens is 1. The summed E-state index contributed by atoms with van der Waals surface area (Å²) in [7, 11) is -0.495. The monoisotopic (exact) mass is 295 g/mol. The van der Waals surface area contributed by atoms with Gasteiger partial charge in [-0.25, -0.2) is 0 Å². The van der Waals surface area contributed by atoms with E-state index >= 15 is 0 Å². The Labute approximate surface area is 124 Å². The van der Waals surface area contributed by atoms with Crippen molar-refractivity contribution in [2.24, 2.45) is 0 Å². The third-order valence-corrected chi connectivity index (χ3v) is 4.50. The van der Waals surface area contributed by atoms with Crippen LogP contribution in [0.3, 0.4) is 0 Å². The fourth-order valence-corrected chi connectivity index (χ4v) is 2.26. The van der Waals surface area contributed by atoms with Gasteiger partial charge in [-0.1, -0.05) is 11.6 Å². The van der Waals surface area contributed by atoms with Crippen molar-refractivity contribution in [1.29, 1.82) is 0 Å². The Bertz CT molecular complexity index is 529. The summed E-state index contributed by atoms with van der Waals surface area (Å²) in [6, 6.07) is 3.65. The van der Waals surface area contributed by atoms with E-state index in [4.69, 9.17) is 20.9 Å². The van der Waals surface area contributed by atoms with Gasteiger partial charge in [0.2, 0.25) is 6.41 Å². The molecule has 0 atom stereocenters. The Morgan fingerprint density at radius 2 is 1.75 bits per heavy atom. The van der Waals surface area contributed by atoms with Gasteiger partial charge in [0.05, 0.1) is 11.2 Å². The molecule has 2 rings (SSSR count). The zero-order chi connectivity index (χ0) is 15.1. The molecule has 0 radical (unpaired) electrons. The molecule has 0 bridgehead atoms. The van der Waals surface area contributed by atoms with Gasteiger partial charge in [-0.05, 0) is 57.8 Å². The molecule has 1 aliphatic rings. The minimum absolute atomic E-state index is 0.409. The Kier molecular flexibility index (Phi) is 3.89. The van der Waals surface area contributed by atoms with Gasteiger partial charge in [0.1, 0.15) is 0 Å². The number of hydrogen-bond acceptors (Lipinski definition) is 3. The summed E-state index contributed by atoms with van der Waals surface area (Å²) in [5, 5.41) is 3.22. The van der Waals surface area contributed by atoms with Crippen molar-refractivity contribution in [1.82, 2.24) is 0 Å². The van der Waals surface area contributed by atoms with Crippen LogP contribution in [0.1, 0.15) is 33.3 Å². The predicted octanol–water partition coefficient (Wildman–Crippen LogP) is 2.52. The summed E-state index contributed by atoms with van der Waals surface area (Å²) >= 11 is 6.21. The highest BCUT2D eigenvalue weighted by Crippen LogP contribution is 2.37. The molecule has 1 saturated heterocycles. The third-order valence-electron chi connectivity index (χ3n) is 4.11. The van der Waals surface area contributed by atoms with E-state index in [1.54, 1.807) is 0 Å². The first-order valence-corrected chi connectivity index (χ1v) is 6.91. The number of carbonyl (C=O) groups is 1. The van der Waals surface area contributed by atoms with Crippen molar-refractivity contribution in [3.8, 4) is 0 Å². The van der Waals surface area contributed by atoms with Gasteiger partial charge < -0.3 is 14.6 Å². The van der Waals surface area contributed by atoms with Crippen LogP contribution in [-0.2, 0) is 14.1 Å². The van der Waals surface area contributed by atoms with Gasteiger partial charge in [-0.3, -0.25) is 4.79 Å². The number of benzene rings is 1. The van der Waals surface area contributed by atoms with Crippen LogP contribution in [0.15, 0.2) is 12.1 Å². The van der Waals surface area contributed by atoms with Gasteiger partial charge in [0, 0.05) is 10.7 Å². The molecule has 4 nitrogen and oxygen atoms in total. The Morgan fingerprint density at radius 1 is 1.20 bits per heavy atom. The molecule has 0 saturated carbocycles. The molecule has 0 unspecified atom stereocenters. The molecule has 1 amide bonds. The largest absolute Gasteiger partial charge is 0.494 e. The number of nitrogens with one attached hydrogen (secondary N) is 1. The fourth-order valence-electron chi connectivity index (χ4n) is 2.03. The smallest absolute Gasteiger partial charge is 0.399 e. The Hall–Kier alpha value is -1.04. The van der Waals surface area contributed by atoms with E-state index in [-0.39, 0.29) is 0 Å². The number of carbonyl (C=O) groups excluding carboxylic acids is 1. The first-order valence-electron chi connectivity index (χ1n) is 6.54. The highest BCUT2D eigenvalue weighted by Gasteiger charge is 2.51. The highest BCUT2D eigenvalue weighted by molar-refractivity contribution is 6.62. The zero-order valence-electron chi connectivity index (χ0n) is 12.4. The summed E-state index contributed by atoms with van der Waals surface area (Å²) in [5.41, 5.74) is 1.46. The first kappa shape index (κ1) is 15.4. The van der Waals surface area contributed by atoms with Crippen molar-refractivity contribution < 1.29 is 14.1 Å². The normalized spacial score (nSPS) is 20.0. The van der Waals surface area contributed by atoms with Crippen molar-refractivity contribution >= 4 is 36.3 Å². The van der Waals surface area contributed by atoms with Gasteiger partial charge in [-0.2, -0.15) is 0 Å². The maximum Gasteiger partial charge on any atom is 0.494 e. The van der Waals surface area contributed by atoms with Crippen molar-refractivity contribution in [3.63, 3.8) is 0 Å². The minimum atomic E-state index is -0.495. The van der Waals surface area contributed by atoms with E-state index in [2.05, 4.69) is 5.32 Å². The molecular weight excluding hydrogens is 276 g/mol. The second-order valence-electron chi connectivity index (χ2n) is 6.03. The van der Waals surface area contributed by atoms with Crippen LogP contribution in [0.4, 0.5) is 5.69 Å². The molecule has 0 aliphatic carbocycles. The van der Waals surface area contributed by atoms with E-state index in [0.29, 0.717) is 17.1 Å². The number of amides is 1. The van der Waals surface area contributed by atoms with Crippen LogP contribution in [0.5, 0.6) is 0 Å². The molecule has 0 aromatic heterocycles. The van der Waals surface area contributed by atoms with E-state index < -0.39 is 18.3 Å². The molecule has 1 aromatic rings. The number of rotatable bonds is 3. The summed E-state index contributed by atoms with van der Waals surface area (Å²) in [6.07, 6.45) is 0.632. The number of anilines is 1. The van der Waals surface area contributed by atoms with Gasteiger partial charge >= 0.3 is 7.12 Å². The predicted molar refractivity (Wildman–Crippen MR) is 81.6 cm³/mol. The van der Waals surface area contributed by atoms with E-state index in [0.717, 1.165) is 11.0 Å². The molecule has 6 heteroatoms. The van der Waals surface area contributed by atoms with Crippen molar-refractivity contribution in [2.75, 3.05) is 5.32 Å². The lowest BCUT2D eigenvalue weighted by molar-refractivity contribution is -0.105. The Morgan fingerprint density at radius 3 is 2.25 bits per heavy atom. The molecule has 1 fully saturated rings. The average molecular weight is 296 g/mol. The molecule has 108 valence electrons. The van der Waals surface area contributed by atoms with Crippen LogP contribution >= 0.6 is 11.6 Å². The SMILES string of the molecule is Cc1c(Cl)cc(B2OC(C)(C)C(C)(C)O2)cc1NC=O. The van der Waals surface area contributed by atoms with Crippen molar-refractivity contribution in [3.05, 3.63) is 22.7 Å². The summed E-state index contributed by atoms with van der Waals surface area (Å²) < 4.78 is 12.0. The second kappa shape index (κ2) is 5.06. The molecule has 1 heterocycles. The van der Waals surface area contributed by atoms with Gasteiger partial charge in [-0.15, -0.1) is 0 Å². The first-order chi connectivity index (χ1) is 9.18. The molecular formula is C14H19BClNO3. The third kappa shape index (κ3) is 2.58. The lowest BCUT2D eigenvalue weighted by Crippen LogP contribution is -2.41. The summed E-state index contributed by atoms with van der Waals surface area (Å²) in [4.78, 5) is 10.7. The van der Waals surface area contributed by atoms with Crippen LogP contribution in [0, 0.1) is 6.92 Å². The van der Waals surface area contributed by atoms with Crippen LogP contribution in [0.2, 0.25) is 5.02 Å². The molecule has 20 heavy (non-hydrogen) atoms. The highest BCUT2D eigenvalue weighted by atomic mass is 35.5. The summed E-state index contributed by atoms with van der Waals surface area (Å²) in [5.74, 6) is 0. The quantitative estimate of drug-likeness (QED) is 0.688. The maximum absolute atomic E-state index is 10.7. The second-order valence-corrected chi connectivity index (χ2v) is 6.43. The van der Waals surface area contributed by atoms with Crippen LogP contribution in [0.25, 0.3) is 0 Å². The number of hydrogen-bond donors (Lipinski definition) is 1. The summed E-state index contributed by atoms with van der Waals surface area (Å²) in [6.45, 7) is 9.82. The lowest BCUT2D eigenvalue weighted by atomic mass is 9.78. The van der Waals surface area contributed by atoms with Gasteiger partial charge in [0.15, 0.2) is 0 Å². The standard InChI is InChI=1S/C14H19BClNO3/c1-9-11(16)6-10(7-12(9)17-8-18)15-19-13(2,3)14(4,5)20-15/h6-8H,1-5H3,(H,17,18). The topological polar surface area (TPSA) is 47.6 Å². The lowest BCUT2D eigenvalue weighted by Gasteiger charge is -2.32. The van der Waals surface area contributed by atoms with Crippen LogP contribution in [-0.4, -0.2) is 24.7 Å². The minimum Gasteiger partial charge on any atom is -0.399 e. The maximum atomic E-state index is 10.7. The van der Waals surface area contributed by atoms with E-state index in [9.17, 15) is 4.79 Å². The molecule has 1 aliphatic heterocycles. The van der Waals surface area contributed by atoms with Crippen molar-refractivity contribution in [2.45, 2.75) is 45.8 Å². The zero-order valence-corrected chi connectivity index (χ0v) is 13.2. The van der Waals surface area contributed by atoms with E-state index in [1.165, 1.54) is 0 Å².